The van der Waals surface area contributed by atoms with Gasteiger partial charge in [-0.3, -0.25) is 0 Å². The topological polar surface area (TPSA) is 0 Å². The van der Waals surface area contributed by atoms with Crippen molar-refractivity contribution in [2.45, 2.75) is 38.5 Å². The molecule has 0 amide bonds. The average Bonchev–Trinajstić information content (AvgIpc) is 3.73. The SMILES string of the molecule is CC1(C)c2ccc(-c3c4ccccc4c(C4=CC=C5C=C(C6=CC=CCC6)C=CC5C4)c4ccccc34)cc2-c2cc3c(ccc4sc5ccccc5c43)cc21. The van der Waals surface area contributed by atoms with E-state index in [1.165, 1.54) is 114 Å². The first-order valence-corrected chi connectivity index (χ1v) is 21.0. The van der Waals surface area contributed by atoms with E-state index < -0.39 is 0 Å². The number of rotatable bonds is 3. The van der Waals surface area contributed by atoms with E-state index in [-0.39, 0.29) is 5.41 Å². The standard InChI is InChI=1S/C55H40S/c1-55(2)48-26-24-39(30-46(48)47-32-45-37(31-49(47)55)25-27-51-54(45)44-18-10-11-19-50(44)56-51)53-42-16-8-6-14-40(42)52(41-15-7-9-17-43(41)53)38-23-22-35-28-34(20-21-36(35)29-38)33-12-4-3-5-13-33/h3-4,6-12,14-28,30-32,36H,5,13,29H2,1-2H3. The van der Waals surface area contributed by atoms with Gasteiger partial charge in [-0.05, 0) is 143 Å². The minimum atomic E-state index is -0.0925. The molecule has 0 nitrogen and oxygen atoms in total. The largest absolute Gasteiger partial charge is 0.135 e. The van der Waals surface area contributed by atoms with E-state index in [1.54, 1.807) is 0 Å². The summed E-state index contributed by atoms with van der Waals surface area (Å²) in [5.41, 5.74) is 15.1. The van der Waals surface area contributed by atoms with Crippen LogP contribution >= 0.6 is 11.3 Å². The van der Waals surface area contributed by atoms with Gasteiger partial charge in [0.2, 0.25) is 0 Å². The van der Waals surface area contributed by atoms with Crippen LogP contribution in [-0.4, -0.2) is 0 Å². The maximum Gasteiger partial charge on any atom is 0.0361 e. The predicted octanol–water partition coefficient (Wildman–Crippen LogP) is 15.6. The first-order valence-electron chi connectivity index (χ1n) is 20.2. The Morgan fingerprint density at radius 3 is 2.11 bits per heavy atom. The van der Waals surface area contributed by atoms with Crippen LogP contribution in [0.5, 0.6) is 0 Å². The summed E-state index contributed by atoms with van der Waals surface area (Å²) in [7, 11) is 0. The normalized spacial score (nSPS) is 18.2. The van der Waals surface area contributed by atoms with Crippen molar-refractivity contribution in [1.29, 1.82) is 0 Å². The van der Waals surface area contributed by atoms with Crippen LogP contribution in [0.25, 0.3) is 80.3 Å². The Labute approximate surface area is 331 Å². The van der Waals surface area contributed by atoms with Gasteiger partial charge in [0.15, 0.2) is 0 Å². The number of hydrogen-bond acceptors (Lipinski definition) is 1. The van der Waals surface area contributed by atoms with Gasteiger partial charge in [-0.15, -0.1) is 11.3 Å². The van der Waals surface area contributed by atoms with E-state index in [2.05, 4.69) is 178 Å². The fraction of sp³-hybridized carbons (Fsp3) is 0.127. The predicted molar refractivity (Wildman–Crippen MR) is 243 cm³/mol. The third-order valence-electron chi connectivity index (χ3n) is 13.3. The molecule has 12 rings (SSSR count). The minimum absolute atomic E-state index is 0.0925. The van der Waals surface area contributed by atoms with Crippen molar-refractivity contribution in [2.24, 2.45) is 5.92 Å². The van der Waals surface area contributed by atoms with Crippen LogP contribution in [0.4, 0.5) is 0 Å². The van der Waals surface area contributed by atoms with Crippen molar-refractivity contribution >= 4 is 69.4 Å². The van der Waals surface area contributed by atoms with Crippen LogP contribution in [0.2, 0.25) is 0 Å². The fourth-order valence-corrected chi connectivity index (χ4v) is 11.6. The Morgan fingerprint density at radius 1 is 0.607 bits per heavy atom. The summed E-state index contributed by atoms with van der Waals surface area (Å²) < 4.78 is 2.71. The molecule has 4 aliphatic carbocycles. The molecule has 0 saturated heterocycles. The minimum Gasteiger partial charge on any atom is -0.135 e. The highest BCUT2D eigenvalue weighted by Gasteiger charge is 2.36. The lowest BCUT2D eigenvalue weighted by atomic mass is 9.77. The van der Waals surface area contributed by atoms with Crippen molar-refractivity contribution in [1.82, 2.24) is 0 Å². The molecule has 0 fully saturated rings. The van der Waals surface area contributed by atoms with Gasteiger partial charge in [0.05, 0.1) is 0 Å². The van der Waals surface area contributed by atoms with Gasteiger partial charge >= 0.3 is 0 Å². The maximum absolute atomic E-state index is 2.52. The molecule has 0 N–H and O–H groups in total. The third kappa shape index (κ3) is 4.65. The molecule has 1 heteroatoms. The van der Waals surface area contributed by atoms with E-state index in [0.29, 0.717) is 5.92 Å². The Balaban J connectivity index is 1.04. The zero-order valence-electron chi connectivity index (χ0n) is 31.7. The van der Waals surface area contributed by atoms with Gasteiger partial charge in [0.25, 0.3) is 0 Å². The average molecular weight is 733 g/mol. The first-order chi connectivity index (χ1) is 27.5. The van der Waals surface area contributed by atoms with Crippen LogP contribution in [0, 0.1) is 5.92 Å². The summed E-state index contributed by atoms with van der Waals surface area (Å²) in [6.07, 6.45) is 22.1. The Hall–Kier alpha value is -6.02. The zero-order chi connectivity index (χ0) is 37.1. The second-order valence-corrected chi connectivity index (χ2v) is 17.8. The van der Waals surface area contributed by atoms with Gasteiger partial charge in [-0.25, -0.2) is 0 Å². The second-order valence-electron chi connectivity index (χ2n) is 16.7. The van der Waals surface area contributed by atoms with Gasteiger partial charge in [0, 0.05) is 31.5 Å². The van der Waals surface area contributed by atoms with Crippen LogP contribution in [-0.2, 0) is 5.41 Å². The van der Waals surface area contributed by atoms with E-state index in [9.17, 15) is 0 Å². The van der Waals surface area contributed by atoms with E-state index in [4.69, 9.17) is 0 Å². The number of fused-ring (bicyclic) bond motifs is 11. The quantitative estimate of drug-likeness (QED) is 0.159. The molecular formula is C55H40S. The lowest BCUT2D eigenvalue weighted by Crippen LogP contribution is -2.14. The first kappa shape index (κ1) is 32.2. The molecule has 1 aromatic heterocycles. The molecule has 0 bridgehead atoms. The summed E-state index contributed by atoms with van der Waals surface area (Å²) >= 11 is 1.90. The Morgan fingerprint density at radius 2 is 1.34 bits per heavy atom. The van der Waals surface area contributed by atoms with E-state index >= 15 is 0 Å². The number of allylic oxidation sites excluding steroid dienone is 12. The van der Waals surface area contributed by atoms with Crippen molar-refractivity contribution in [2.75, 3.05) is 0 Å². The fourth-order valence-electron chi connectivity index (χ4n) is 10.5. The van der Waals surface area contributed by atoms with Crippen LogP contribution in [0.3, 0.4) is 0 Å². The summed E-state index contributed by atoms with van der Waals surface area (Å²) in [6.45, 7) is 4.81. The molecule has 1 heterocycles. The summed E-state index contributed by atoms with van der Waals surface area (Å²) in [5, 5.41) is 10.7. The summed E-state index contributed by atoms with van der Waals surface area (Å²) in [5.74, 6) is 0.389. The molecule has 1 unspecified atom stereocenters. The highest BCUT2D eigenvalue weighted by Crippen LogP contribution is 2.53. The molecular weight excluding hydrogens is 693 g/mol. The molecule has 4 aliphatic rings. The Kier molecular flexibility index (Phi) is 6.90. The van der Waals surface area contributed by atoms with Gasteiger partial charge in [0.1, 0.15) is 0 Å². The number of benzene rings is 7. The highest BCUT2D eigenvalue weighted by atomic mass is 32.1. The molecule has 1 atom stereocenters. The molecule has 0 saturated carbocycles. The lowest BCUT2D eigenvalue weighted by molar-refractivity contribution is 0.661. The second kappa shape index (κ2) is 12.0. The van der Waals surface area contributed by atoms with Crippen molar-refractivity contribution in [3.05, 3.63) is 197 Å². The summed E-state index contributed by atoms with van der Waals surface area (Å²) in [4.78, 5) is 0. The van der Waals surface area contributed by atoms with E-state index in [0.717, 1.165) is 19.3 Å². The Bertz CT molecular complexity index is 3180. The van der Waals surface area contributed by atoms with E-state index in [1.807, 2.05) is 11.3 Å². The molecule has 266 valence electrons. The molecule has 56 heavy (non-hydrogen) atoms. The maximum atomic E-state index is 2.52. The van der Waals surface area contributed by atoms with Crippen LogP contribution in [0.15, 0.2) is 181 Å². The van der Waals surface area contributed by atoms with Gasteiger partial charge in [-0.2, -0.15) is 0 Å². The van der Waals surface area contributed by atoms with Gasteiger partial charge in [-0.1, -0.05) is 147 Å². The molecule has 0 spiro atoms. The monoisotopic (exact) mass is 732 g/mol. The van der Waals surface area contributed by atoms with Crippen molar-refractivity contribution in [3.8, 4) is 22.3 Å². The number of hydrogen-bond donors (Lipinski definition) is 0. The molecule has 0 radical (unpaired) electrons. The number of thiophene rings is 1. The van der Waals surface area contributed by atoms with Gasteiger partial charge < -0.3 is 0 Å². The van der Waals surface area contributed by atoms with Crippen molar-refractivity contribution in [3.63, 3.8) is 0 Å². The van der Waals surface area contributed by atoms with Crippen LogP contribution in [0.1, 0.15) is 49.8 Å². The molecule has 0 aliphatic heterocycles. The smallest absolute Gasteiger partial charge is 0.0361 e. The van der Waals surface area contributed by atoms with Crippen molar-refractivity contribution < 1.29 is 0 Å². The third-order valence-corrected chi connectivity index (χ3v) is 14.4. The van der Waals surface area contributed by atoms with Crippen LogP contribution < -0.4 is 0 Å². The zero-order valence-corrected chi connectivity index (χ0v) is 32.5. The molecule has 8 aromatic rings. The summed E-state index contributed by atoms with van der Waals surface area (Å²) in [6, 6.07) is 44.2. The lowest BCUT2D eigenvalue weighted by Gasteiger charge is -2.27. The molecule has 7 aromatic carbocycles. The highest BCUT2D eigenvalue weighted by molar-refractivity contribution is 7.26.